The highest BCUT2D eigenvalue weighted by molar-refractivity contribution is 5.81. The zero-order chi connectivity index (χ0) is 19.0. The predicted octanol–water partition coefficient (Wildman–Crippen LogP) is 3.23. The van der Waals surface area contributed by atoms with Crippen molar-refractivity contribution in [3.8, 4) is 0 Å². The van der Waals surface area contributed by atoms with Gasteiger partial charge in [-0.3, -0.25) is 14.6 Å². The highest BCUT2D eigenvalue weighted by atomic mass is 16.2. The lowest BCUT2D eigenvalue weighted by Crippen LogP contribution is -2.36. The van der Waals surface area contributed by atoms with Crippen LogP contribution in [-0.2, 0) is 9.59 Å². The fourth-order valence-corrected chi connectivity index (χ4v) is 2.47. The first-order chi connectivity index (χ1) is 12.4. The van der Waals surface area contributed by atoms with Crippen LogP contribution in [0.3, 0.4) is 0 Å². The van der Waals surface area contributed by atoms with Crippen LogP contribution in [0.2, 0.25) is 0 Å². The van der Waals surface area contributed by atoms with Gasteiger partial charge in [0.15, 0.2) is 0 Å². The van der Waals surface area contributed by atoms with Gasteiger partial charge in [0.25, 0.3) is 0 Å². The van der Waals surface area contributed by atoms with Crippen LogP contribution in [0.1, 0.15) is 50.9 Å². The minimum absolute atomic E-state index is 0.00597. The summed E-state index contributed by atoms with van der Waals surface area (Å²) in [5.74, 6) is -0.0666. The van der Waals surface area contributed by atoms with Crippen LogP contribution < -0.4 is 10.6 Å². The van der Waals surface area contributed by atoms with Crippen LogP contribution in [-0.4, -0.2) is 23.3 Å². The molecular weight excluding hydrogens is 326 g/mol. The van der Waals surface area contributed by atoms with E-state index in [2.05, 4.69) is 15.6 Å². The van der Waals surface area contributed by atoms with Gasteiger partial charge in [0, 0.05) is 24.6 Å². The largest absolute Gasteiger partial charge is 0.356 e. The molecule has 0 saturated carbocycles. The fraction of sp³-hybridized carbons (Fsp3) is 0.381. The summed E-state index contributed by atoms with van der Waals surface area (Å²) in [5.41, 5.74) is 1.37. The maximum absolute atomic E-state index is 12.4. The summed E-state index contributed by atoms with van der Waals surface area (Å²) < 4.78 is 0. The Balaban J connectivity index is 1.92. The van der Waals surface area contributed by atoms with Gasteiger partial charge in [-0.15, -0.1) is 0 Å². The second-order valence-electron chi connectivity index (χ2n) is 7.28. The lowest BCUT2D eigenvalue weighted by Gasteiger charge is -2.19. The van der Waals surface area contributed by atoms with Crippen LogP contribution in [0, 0.1) is 5.41 Å². The van der Waals surface area contributed by atoms with Crippen LogP contribution in [0.4, 0.5) is 0 Å². The molecule has 1 heterocycles. The van der Waals surface area contributed by atoms with E-state index in [0.717, 1.165) is 11.3 Å². The Kier molecular flexibility index (Phi) is 6.89. The van der Waals surface area contributed by atoms with Crippen LogP contribution in [0.25, 0.3) is 0 Å². The highest BCUT2D eigenvalue weighted by Gasteiger charge is 2.21. The van der Waals surface area contributed by atoms with Gasteiger partial charge in [-0.25, -0.2) is 0 Å². The van der Waals surface area contributed by atoms with Crippen molar-refractivity contribution in [2.75, 3.05) is 6.54 Å². The Bertz CT molecular complexity index is 670. The van der Waals surface area contributed by atoms with Gasteiger partial charge >= 0.3 is 0 Å². The van der Waals surface area contributed by atoms with Crippen molar-refractivity contribution < 1.29 is 9.59 Å². The zero-order valence-electron chi connectivity index (χ0n) is 15.7. The maximum atomic E-state index is 12.4. The van der Waals surface area contributed by atoms with Crippen LogP contribution >= 0.6 is 0 Å². The molecule has 0 aliphatic rings. The molecule has 0 aliphatic heterocycles. The van der Waals surface area contributed by atoms with E-state index in [1.54, 1.807) is 6.20 Å². The van der Waals surface area contributed by atoms with Gasteiger partial charge in [-0.1, -0.05) is 57.2 Å². The lowest BCUT2D eigenvalue weighted by atomic mass is 9.96. The number of carbonyl (C=O) groups is 2. The lowest BCUT2D eigenvalue weighted by molar-refractivity contribution is -0.128. The molecule has 1 unspecified atom stereocenters. The van der Waals surface area contributed by atoms with E-state index in [-0.39, 0.29) is 17.9 Å². The molecule has 0 radical (unpaired) electrons. The van der Waals surface area contributed by atoms with Crippen molar-refractivity contribution >= 4 is 11.8 Å². The van der Waals surface area contributed by atoms with Gasteiger partial charge in [0.05, 0.1) is 11.7 Å². The minimum Gasteiger partial charge on any atom is -0.356 e. The van der Waals surface area contributed by atoms with Crippen molar-refractivity contribution in [1.82, 2.24) is 15.6 Å². The molecule has 0 fully saturated rings. The summed E-state index contributed by atoms with van der Waals surface area (Å²) in [6.45, 7) is 6.09. The normalized spacial score (nSPS) is 12.3. The Hall–Kier alpha value is -2.69. The second-order valence-corrected chi connectivity index (χ2v) is 7.28. The molecule has 5 nitrogen and oxygen atoms in total. The fourth-order valence-electron chi connectivity index (χ4n) is 2.47. The third-order valence-corrected chi connectivity index (χ3v) is 3.97. The SMILES string of the molecule is CC(C)(C)C(=O)NCCCC(=O)NC(c1ccccc1)c1ccccn1. The van der Waals surface area contributed by atoms with Gasteiger partial charge in [0.2, 0.25) is 11.8 Å². The minimum atomic E-state index is -0.417. The van der Waals surface area contributed by atoms with Gasteiger partial charge in [-0.2, -0.15) is 0 Å². The molecule has 2 rings (SSSR count). The molecule has 0 aliphatic carbocycles. The Labute approximate surface area is 155 Å². The third kappa shape index (κ3) is 5.99. The van der Waals surface area contributed by atoms with Crippen molar-refractivity contribution in [2.24, 2.45) is 5.41 Å². The number of benzene rings is 1. The molecule has 2 aromatic rings. The first-order valence-corrected chi connectivity index (χ1v) is 8.91. The molecule has 1 aromatic carbocycles. The van der Waals surface area contributed by atoms with Crippen molar-refractivity contribution in [3.05, 3.63) is 66.0 Å². The molecule has 1 aromatic heterocycles. The third-order valence-electron chi connectivity index (χ3n) is 3.97. The number of rotatable bonds is 7. The maximum Gasteiger partial charge on any atom is 0.225 e. The molecular formula is C21H27N3O2. The zero-order valence-corrected chi connectivity index (χ0v) is 15.7. The van der Waals surface area contributed by atoms with Crippen molar-refractivity contribution in [1.29, 1.82) is 0 Å². The molecule has 0 saturated heterocycles. The van der Waals surface area contributed by atoms with Gasteiger partial charge in [-0.05, 0) is 24.1 Å². The van der Waals surface area contributed by atoms with E-state index < -0.39 is 5.41 Å². The summed E-state index contributed by atoms with van der Waals surface area (Å²) in [7, 11) is 0. The monoisotopic (exact) mass is 353 g/mol. The summed E-state index contributed by atoms with van der Waals surface area (Å²) in [6, 6.07) is 15.2. The number of hydrogen-bond donors (Lipinski definition) is 2. The predicted molar refractivity (Wildman–Crippen MR) is 102 cm³/mol. The summed E-state index contributed by atoms with van der Waals surface area (Å²) in [4.78, 5) is 28.6. The van der Waals surface area contributed by atoms with E-state index in [1.165, 1.54) is 0 Å². The topological polar surface area (TPSA) is 71.1 Å². The van der Waals surface area contributed by atoms with E-state index in [1.807, 2.05) is 69.3 Å². The Morgan fingerprint density at radius 3 is 2.35 bits per heavy atom. The summed E-state index contributed by atoms with van der Waals surface area (Å²) in [6.07, 6.45) is 2.66. The molecule has 26 heavy (non-hydrogen) atoms. The number of pyridine rings is 1. The van der Waals surface area contributed by atoms with Crippen LogP contribution in [0.5, 0.6) is 0 Å². The Morgan fingerprint density at radius 1 is 1.04 bits per heavy atom. The Morgan fingerprint density at radius 2 is 1.73 bits per heavy atom. The molecule has 2 N–H and O–H groups in total. The average molecular weight is 353 g/mol. The van der Waals surface area contributed by atoms with E-state index in [4.69, 9.17) is 0 Å². The molecule has 0 bridgehead atoms. The molecule has 5 heteroatoms. The van der Waals surface area contributed by atoms with Crippen molar-refractivity contribution in [2.45, 2.75) is 39.7 Å². The quantitative estimate of drug-likeness (QED) is 0.751. The molecule has 2 amide bonds. The van der Waals surface area contributed by atoms with Crippen LogP contribution in [0.15, 0.2) is 54.7 Å². The van der Waals surface area contributed by atoms with Gasteiger partial charge < -0.3 is 10.6 Å². The number of nitrogens with one attached hydrogen (secondary N) is 2. The smallest absolute Gasteiger partial charge is 0.225 e. The van der Waals surface area contributed by atoms with E-state index >= 15 is 0 Å². The van der Waals surface area contributed by atoms with E-state index in [0.29, 0.717) is 19.4 Å². The second kappa shape index (κ2) is 9.13. The standard InChI is InChI=1S/C21H27N3O2/c1-21(2,3)20(26)23-15-9-13-18(25)24-19(16-10-5-4-6-11-16)17-12-7-8-14-22-17/h4-8,10-12,14,19H,9,13,15H2,1-3H3,(H,23,26)(H,24,25). The first kappa shape index (κ1) is 19.6. The molecule has 1 atom stereocenters. The molecule has 0 spiro atoms. The van der Waals surface area contributed by atoms with Gasteiger partial charge in [0.1, 0.15) is 0 Å². The molecule has 138 valence electrons. The van der Waals surface area contributed by atoms with Crippen molar-refractivity contribution in [3.63, 3.8) is 0 Å². The number of carbonyl (C=O) groups excluding carboxylic acids is 2. The summed E-state index contributed by atoms with van der Waals surface area (Å²) >= 11 is 0. The number of aromatic nitrogens is 1. The highest BCUT2D eigenvalue weighted by Crippen LogP contribution is 2.20. The number of hydrogen-bond acceptors (Lipinski definition) is 3. The number of nitrogens with zero attached hydrogens (tertiary/aromatic N) is 1. The number of amides is 2. The average Bonchev–Trinajstić information content (AvgIpc) is 2.63. The first-order valence-electron chi connectivity index (χ1n) is 8.91. The summed E-state index contributed by atoms with van der Waals surface area (Å²) in [5, 5.41) is 5.92. The van der Waals surface area contributed by atoms with E-state index in [9.17, 15) is 9.59 Å².